The van der Waals surface area contributed by atoms with Gasteiger partial charge >= 0.3 is 0 Å². The molecule has 0 atom stereocenters. The molecule has 0 radical (unpaired) electrons. The zero-order chi connectivity index (χ0) is 16.1. The third-order valence-corrected chi connectivity index (χ3v) is 3.11. The standard InChI is InChI=1S/C17H14N2O4/c20-14-5-1-13(2-6-14)10-18-19-17(21)8-4-12-3-7-15-16(9-12)23-11-22-15/h1-10,20H,11H2,(H,19,21). The minimum Gasteiger partial charge on any atom is -0.508 e. The molecule has 1 amide bonds. The van der Waals surface area contributed by atoms with Crippen molar-refractivity contribution in [1.29, 1.82) is 0 Å². The first-order valence-electron chi connectivity index (χ1n) is 6.90. The van der Waals surface area contributed by atoms with Crippen molar-refractivity contribution in [2.24, 2.45) is 5.10 Å². The monoisotopic (exact) mass is 310 g/mol. The van der Waals surface area contributed by atoms with Crippen molar-refractivity contribution in [3.05, 3.63) is 59.7 Å². The maximum Gasteiger partial charge on any atom is 0.264 e. The summed E-state index contributed by atoms with van der Waals surface area (Å²) in [4.78, 5) is 11.7. The number of rotatable bonds is 4. The Morgan fingerprint density at radius 2 is 1.83 bits per heavy atom. The third kappa shape index (κ3) is 3.88. The van der Waals surface area contributed by atoms with Crippen molar-refractivity contribution in [3.8, 4) is 17.2 Å². The van der Waals surface area contributed by atoms with Crippen LogP contribution in [0.25, 0.3) is 6.08 Å². The second-order valence-corrected chi connectivity index (χ2v) is 4.77. The highest BCUT2D eigenvalue weighted by Crippen LogP contribution is 2.32. The Morgan fingerprint density at radius 3 is 2.65 bits per heavy atom. The van der Waals surface area contributed by atoms with E-state index in [1.54, 1.807) is 42.5 Å². The second kappa shape index (κ2) is 6.65. The van der Waals surface area contributed by atoms with Crippen LogP contribution in [0.15, 0.2) is 53.6 Å². The van der Waals surface area contributed by atoms with Crippen LogP contribution in [0.4, 0.5) is 0 Å². The number of benzene rings is 2. The highest BCUT2D eigenvalue weighted by Gasteiger charge is 2.12. The zero-order valence-electron chi connectivity index (χ0n) is 12.1. The number of carbonyl (C=O) groups is 1. The minimum atomic E-state index is -0.349. The minimum absolute atomic E-state index is 0.179. The smallest absolute Gasteiger partial charge is 0.264 e. The molecule has 0 saturated carbocycles. The van der Waals surface area contributed by atoms with E-state index in [1.165, 1.54) is 12.3 Å². The van der Waals surface area contributed by atoms with E-state index >= 15 is 0 Å². The summed E-state index contributed by atoms with van der Waals surface area (Å²) in [5, 5.41) is 13.0. The van der Waals surface area contributed by atoms with Crippen LogP contribution in [0.5, 0.6) is 17.2 Å². The van der Waals surface area contributed by atoms with Gasteiger partial charge in [-0.1, -0.05) is 6.07 Å². The Balaban J connectivity index is 1.55. The maximum absolute atomic E-state index is 11.7. The van der Waals surface area contributed by atoms with Crippen molar-refractivity contribution in [1.82, 2.24) is 5.43 Å². The molecule has 0 fully saturated rings. The average molecular weight is 310 g/mol. The lowest BCUT2D eigenvalue weighted by Gasteiger charge is -1.98. The molecule has 23 heavy (non-hydrogen) atoms. The maximum atomic E-state index is 11.7. The molecule has 0 saturated heterocycles. The van der Waals surface area contributed by atoms with Crippen LogP contribution >= 0.6 is 0 Å². The fraction of sp³-hybridized carbons (Fsp3) is 0.0588. The number of carbonyl (C=O) groups excluding carboxylic acids is 1. The fourth-order valence-electron chi connectivity index (χ4n) is 1.96. The molecule has 2 aromatic rings. The molecule has 0 unspecified atom stereocenters. The number of hydrogen-bond donors (Lipinski definition) is 2. The quantitative estimate of drug-likeness (QED) is 0.516. The molecular formula is C17H14N2O4. The SMILES string of the molecule is O=C(C=Cc1ccc2c(c1)OCO2)NN=Cc1ccc(O)cc1. The molecule has 0 aromatic heterocycles. The van der Waals surface area contributed by atoms with Gasteiger partial charge in [-0.3, -0.25) is 4.79 Å². The Morgan fingerprint density at radius 1 is 1.09 bits per heavy atom. The summed E-state index contributed by atoms with van der Waals surface area (Å²) in [5.41, 5.74) is 3.99. The van der Waals surface area contributed by atoms with Gasteiger partial charge in [0.2, 0.25) is 6.79 Å². The molecule has 6 heteroatoms. The van der Waals surface area contributed by atoms with Crippen LogP contribution in [0.2, 0.25) is 0 Å². The van der Waals surface area contributed by atoms with Crippen molar-refractivity contribution in [2.75, 3.05) is 6.79 Å². The molecule has 0 bridgehead atoms. The number of fused-ring (bicyclic) bond motifs is 1. The number of ether oxygens (including phenoxy) is 2. The third-order valence-electron chi connectivity index (χ3n) is 3.11. The van der Waals surface area contributed by atoms with Gasteiger partial charge in [-0.2, -0.15) is 5.10 Å². The van der Waals surface area contributed by atoms with E-state index in [1.807, 2.05) is 6.07 Å². The van der Waals surface area contributed by atoms with Gasteiger partial charge in [-0.05, 0) is 53.6 Å². The van der Waals surface area contributed by atoms with Crippen molar-refractivity contribution in [2.45, 2.75) is 0 Å². The lowest BCUT2D eigenvalue weighted by atomic mass is 10.2. The van der Waals surface area contributed by atoms with E-state index in [-0.39, 0.29) is 18.4 Å². The number of nitrogens with zero attached hydrogens (tertiary/aromatic N) is 1. The van der Waals surface area contributed by atoms with Gasteiger partial charge in [-0.15, -0.1) is 0 Å². The predicted octanol–water partition coefficient (Wildman–Crippen LogP) is 2.28. The first kappa shape index (κ1) is 14.6. The van der Waals surface area contributed by atoms with E-state index in [4.69, 9.17) is 14.6 Å². The Labute approximate surface area is 132 Å². The Kier molecular flexibility index (Phi) is 4.24. The van der Waals surface area contributed by atoms with Crippen LogP contribution < -0.4 is 14.9 Å². The van der Waals surface area contributed by atoms with Crippen LogP contribution in [-0.4, -0.2) is 24.0 Å². The Bertz CT molecular complexity index is 767. The summed E-state index contributed by atoms with van der Waals surface area (Å²) in [6.07, 6.45) is 4.53. The van der Waals surface area contributed by atoms with Gasteiger partial charge in [-0.25, -0.2) is 5.43 Å². The molecule has 0 spiro atoms. The molecule has 0 aliphatic carbocycles. The fourth-order valence-corrected chi connectivity index (χ4v) is 1.96. The van der Waals surface area contributed by atoms with Crippen molar-refractivity contribution in [3.63, 3.8) is 0 Å². The zero-order valence-corrected chi connectivity index (χ0v) is 12.1. The Hall–Kier alpha value is -3.28. The van der Waals surface area contributed by atoms with Crippen LogP contribution in [0.3, 0.4) is 0 Å². The van der Waals surface area contributed by atoms with Crippen LogP contribution in [0, 0.1) is 0 Å². The molecule has 1 heterocycles. The summed E-state index contributed by atoms with van der Waals surface area (Å²) in [6, 6.07) is 11.9. The molecule has 2 aromatic carbocycles. The van der Waals surface area contributed by atoms with Crippen molar-refractivity contribution < 1.29 is 19.4 Å². The van der Waals surface area contributed by atoms with Gasteiger partial charge in [0.25, 0.3) is 5.91 Å². The molecule has 1 aliphatic heterocycles. The first-order chi connectivity index (χ1) is 11.2. The molecule has 116 valence electrons. The van der Waals surface area contributed by atoms with Gasteiger partial charge < -0.3 is 14.6 Å². The van der Waals surface area contributed by atoms with E-state index in [0.717, 1.165) is 11.1 Å². The summed E-state index contributed by atoms with van der Waals surface area (Å²) in [7, 11) is 0. The summed E-state index contributed by atoms with van der Waals surface area (Å²) >= 11 is 0. The van der Waals surface area contributed by atoms with Crippen molar-refractivity contribution >= 4 is 18.2 Å². The number of hydrazone groups is 1. The molecular weight excluding hydrogens is 296 g/mol. The molecule has 6 nitrogen and oxygen atoms in total. The van der Waals surface area contributed by atoms with E-state index in [2.05, 4.69) is 10.5 Å². The summed E-state index contributed by atoms with van der Waals surface area (Å²) < 4.78 is 10.5. The highest BCUT2D eigenvalue weighted by molar-refractivity contribution is 5.92. The second-order valence-electron chi connectivity index (χ2n) is 4.77. The molecule has 3 rings (SSSR count). The number of phenolic OH excluding ortho intramolecular Hbond substituents is 1. The lowest BCUT2D eigenvalue weighted by molar-refractivity contribution is -0.116. The van der Waals surface area contributed by atoms with Gasteiger partial charge in [0.05, 0.1) is 6.21 Å². The first-order valence-corrected chi connectivity index (χ1v) is 6.90. The number of phenols is 1. The number of aromatic hydroxyl groups is 1. The number of nitrogens with one attached hydrogen (secondary N) is 1. The topological polar surface area (TPSA) is 80.2 Å². The number of hydrogen-bond acceptors (Lipinski definition) is 5. The largest absolute Gasteiger partial charge is 0.508 e. The molecule has 1 aliphatic rings. The van der Waals surface area contributed by atoms with E-state index in [9.17, 15) is 4.79 Å². The van der Waals surface area contributed by atoms with Crippen LogP contribution in [0.1, 0.15) is 11.1 Å². The summed E-state index contributed by atoms with van der Waals surface area (Å²) in [6.45, 7) is 0.217. The highest BCUT2D eigenvalue weighted by atomic mass is 16.7. The van der Waals surface area contributed by atoms with Gasteiger partial charge in [0, 0.05) is 6.08 Å². The molecule has 2 N–H and O–H groups in total. The van der Waals surface area contributed by atoms with Crippen LogP contribution in [-0.2, 0) is 4.79 Å². The van der Waals surface area contributed by atoms with E-state index < -0.39 is 0 Å². The predicted molar refractivity (Wildman–Crippen MR) is 85.4 cm³/mol. The lowest BCUT2D eigenvalue weighted by Crippen LogP contribution is -2.14. The number of amides is 1. The van der Waals surface area contributed by atoms with Gasteiger partial charge in [0.1, 0.15) is 5.75 Å². The summed E-state index contributed by atoms with van der Waals surface area (Å²) in [5.74, 6) is 1.19. The van der Waals surface area contributed by atoms with Gasteiger partial charge in [0.15, 0.2) is 11.5 Å². The van der Waals surface area contributed by atoms with E-state index in [0.29, 0.717) is 11.5 Å². The average Bonchev–Trinajstić information content (AvgIpc) is 3.02. The normalized spacial score (nSPS) is 12.9.